The van der Waals surface area contributed by atoms with Crippen LogP contribution >= 0.6 is 15.9 Å². The molecule has 0 saturated carbocycles. The molecule has 0 spiro atoms. The lowest BCUT2D eigenvalue weighted by atomic mass is 10.2. The van der Waals surface area contributed by atoms with E-state index in [4.69, 9.17) is 0 Å². The quantitative estimate of drug-likeness (QED) is 0.699. The third kappa shape index (κ3) is 5.01. The van der Waals surface area contributed by atoms with Gasteiger partial charge in [-0.2, -0.15) is 4.98 Å². The van der Waals surface area contributed by atoms with Crippen molar-refractivity contribution in [3.63, 3.8) is 0 Å². The summed E-state index contributed by atoms with van der Waals surface area (Å²) in [5.74, 6) is 1.48. The molecule has 0 bridgehead atoms. The van der Waals surface area contributed by atoms with E-state index < -0.39 is 0 Å². The van der Waals surface area contributed by atoms with Crippen LogP contribution < -0.4 is 10.6 Å². The van der Waals surface area contributed by atoms with Gasteiger partial charge in [-0.25, -0.2) is 4.98 Å². The fourth-order valence-corrected chi connectivity index (χ4v) is 2.37. The fourth-order valence-electron chi connectivity index (χ4n) is 1.99. The van der Waals surface area contributed by atoms with Crippen LogP contribution in [0.4, 0.5) is 17.5 Å². The van der Waals surface area contributed by atoms with Crippen molar-refractivity contribution in [2.75, 3.05) is 17.2 Å². The first-order valence-corrected chi connectivity index (χ1v) is 8.09. The van der Waals surface area contributed by atoms with Crippen LogP contribution in [0, 0.1) is 6.92 Å². The first-order valence-electron chi connectivity index (χ1n) is 7.30. The maximum absolute atomic E-state index is 4.51. The average molecular weight is 349 g/mol. The molecule has 0 aliphatic heterocycles. The highest BCUT2D eigenvalue weighted by Gasteiger charge is 2.04. The number of hydrogen-bond donors (Lipinski definition) is 2. The molecule has 0 fully saturated rings. The highest BCUT2D eigenvalue weighted by Crippen LogP contribution is 2.24. The first kappa shape index (κ1) is 15.8. The van der Waals surface area contributed by atoms with E-state index in [2.05, 4.69) is 43.5 Å². The lowest BCUT2D eigenvalue weighted by Crippen LogP contribution is -2.07. The number of aryl methyl sites for hydroxylation is 1. The van der Waals surface area contributed by atoms with E-state index in [1.54, 1.807) is 0 Å². The lowest BCUT2D eigenvalue weighted by Gasteiger charge is -2.10. The van der Waals surface area contributed by atoms with Gasteiger partial charge >= 0.3 is 0 Å². The summed E-state index contributed by atoms with van der Waals surface area (Å²) in [4.78, 5) is 8.95. The van der Waals surface area contributed by atoms with Gasteiger partial charge in [0.1, 0.15) is 5.82 Å². The Bertz CT molecular complexity index is 586. The minimum absolute atomic E-state index is 0.611. The Hall–Kier alpha value is -1.62. The fraction of sp³-hybridized carbons (Fsp3) is 0.375. The molecular formula is C16H21BrN4. The lowest BCUT2D eigenvalue weighted by molar-refractivity contribution is 0.742. The number of benzene rings is 1. The van der Waals surface area contributed by atoms with E-state index in [1.165, 1.54) is 12.8 Å². The summed E-state index contributed by atoms with van der Waals surface area (Å²) in [6.07, 6.45) is 3.62. The Balaban J connectivity index is 2.06. The van der Waals surface area contributed by atoms with Crippen LogP contribution in [0.5, 0.6) is 0 Å². The number of rotatable bonds is 7. The maximum atomic E-state index is 4.51. The summed E-state index contributed by atoms with van der Waals surface area (Å²) in [7, 11) is 0. The number of para-hydroxylation sites is 1. The summed E-state index contributed by atoms with van der Waals surface area (Å²) >= 11 is 3.52. The van der Waals surface area contributed by atoms with Gasteiger partial charge in [0.2, 0.25) is 5.95 Å². The largest absolute Gasteiger partial charge is 0.370 e. The number of unbranched alkanes of at least 4 members (excludes halogenated alkanes) is 2. The molecule has 2 rings (SSSR count). The summed E-state index contributed by atoms with van der Waals surface area (Å²) in [5, 5.41) is 6.60. The monoisotopic (exact) mass is 348 g/mol. The Morgan fingerprint density at radius 3 is 2.71 bits per heavy atom. The summed E-state index contributed by atoms with van der Waals surface area (Å²) in [5.41, 5.74) is 1.90. The Morgan fingerprint density at radius 2 is 1.95 bits per heavy atom. The van der Waals surface area contributed by atoms with Crippen LogP contribution in [0.25, 0.3) is 0 Å². The van der Waals surface area contributed by atoms with E-state index in [-0.39, 0.29) is 0 Å². The number of nitrogens with zero attached hydrogens (tertiary/aromatic N) is 2. The van der Waals surface area contributed by atoms with Crippen LogP contribution in [0.3, 0.4) is 0 Å². The molecule has 0 unspecified atom stereocenters. The summed E-state index contributed by atoms with van der Waals surface area (Å²) in [6, 6.07) is 9.91. The molecule has 1 aromatic heterocycles. The van der Waals surface area contributed by atoms with Crippen molar-refractivity contribution in [1.29, 1.82) is 0 Å². The second-order valence-electron chi connectivity index (χ2n) is 4.96. The van der Waals surface area contributed by atoms with Gasteiger partial charge in [0, 0.05) is 22.8 Å². The van der Waals surface area contributed by atoms with E-state index in [1.807, 2.05) is 37.3 Å². The predicted octanol–water partition coefficient (Wildman–Crippen LogP) is 4.89. The van der Waals surface area contributed by atoms with E-state index in [9.17, 15) is 0 Å². The molecule has 1 aromatic carbocycles. The van der Waals surface area contributed by atoms with Gasteiger partial charge in [-0.1, -0.05) is 31.9 Å². The molecule has 1 heterocycles. The molecular weight excluding hydrogens is 328 g/mol. The third-order valence-corrected chi connectivity index (χ3v) is 3.75. The molecule has 112 valence electrons. The van der Waals surface area contributed by atoms with Gasteiger partial charge in [0.15, 0.2) is 0 Å². The topological polar surface area (TPSA) is 49.8 Å². The maximum Gasteiger partial charge on any atom is 0.229 e. The standard InChI is InChI=1S/C16H21BrN4/c1-3-4-7-10-18-15-11-12(2)19-16(21-15)20-14-9-6-5-8-13(14)17/h5-6,8-9,11H,3-4,7,10H2,1-2H3,(H2,18,19,20,21). The van der Waals surface area contributed by atoms with E-state index in [0.29, 0.717) is 5.95 Å². The highest BCUT2D eigenvalue weighted by atomic mass is 79.9. The Kier molecular flexibility index (Phi) is 5.99. The zero-order valence-electron chi connectivity index (χ0n) is 12.5. The molecule has 0 aliphatic rings. The minimum Gasteiger partial charge on any atom is -0.370 e. The second kappa shape index (κ2) is 7.98. The molecule has 2 aromatic rings. The molecule has 5 heteroatoms. The van der Waals surface area contributed by atoms with Crippen molar-refractivity contribution >= 4 is 33.4 Å². The van der Waals surface area contributed by atoms with Crippen molar-refractivity contribution in [3.8, 4) is 0 Å². The van der Waals surface area contributed by atoms with Gasteiger partial charge in [-0.3, -0.25) is 0 Å². The zero-order valence-corrected chi connectivity index (χ0v) is 14.1. The molecule has 21 heavy (non-hydrogen) atoms. The molecule has 0 saturated heterocycles. The van der Waals surface area contributed by atoms with Gasteiger partial charge in [0.05, 0.1) is 5.69 Å². The van der Waals surface area contributed by atoms with Crippen LogP contribution in [0.2, 0.25) is 0 Å². The van der Waals surface area contributed by atoms with Crippen LogP contribution in [0.15, 0.2) is 34.8 Å². The SMILES string of the molecule is CCCCCNc1cc(C)nc(Nc2ccccc2Br)n1. The Labute approximate surface area is 134 Å². The summed E-state index contributed by atoms with van der Waals surface area (Å²) in [6.45, 7) is 5.12. The average Bonchev–Trinajstić information content (AvgIpc) is 2.46. The van der Waals surface area contributed by atoms with Gasteiger partial charge in [-0.15, -0.1) is 0 Å². The molecule has 0 atom stereocenters. The van der Waals surface area contributed by atoms with Crippen molar-refractivity contribution < 1.29 is 0 Å². The molecule has 0 amide bonds. The van der Waals surface area contributed by atoms with E-state index in [0.717, 1.165) is 34.6 Å². The van der Waals surface area contributed by atoms with Gasteiger partial charge < -0.3 is 10.6 Å². The predicted molar refractivity (Wildman–Crippen MR) is 92.2 cm³/mol. The zero-order chi connectivity index (χ0) is 15.1. The van der Waals surface area contributed by atoms with Crippen molar-refractivity contribution in [3.05, 3.63) is 40.5 Å². The Morgan fingerprint density at radius 1 is 1.14 bits per heavy atom. The van der Waals surface area contributed by atoms with Crippen molar-refractivity contribution in [2.45, 2.75) is 33.1 Å². The molecule has 0 radical (unpaired) electrons. The third-order valence-electron chi connectivity index (χ3n) is 3.06. The normalized spacial score (nSPS) is 10.4. The number of anilines is 3. The number of halogens is 1. The van der Waals surface area contributed by atoms with Crippen LogP contribution in [0.1, 0.15) is 31.9 Å². The van der Waals surface area contributed by atoms with Crippen LogP contribution in [-0.4, -0.2) is 16.5 Å². The number of hydrogen-bond acceptors (Lipinski definition) is 4. The number of nitrogens with one attached hydrogen (secondary N) is 2. The first-order chi connectivity index (χ1) is 10.2. The van der Waals surface area contributed by atoms with Crippen molar-refractivity contribution in [2.24, 2.45) is 0 Å². The minimum atomic E-state index is 0.611. The molecule has 2 N–H and O–H groups in total. The molecule has 4 nitrogen and oxygen atoms in total. The smallest absolute Gasteiger partial charge is 0.229 e. The number of aromatic nitrogens is 2. The second-order valence-corrected chi connectivity index (χ2v) is 5.81. The van der Waals surface area contributed by atoms with Crippen molar-refractivity contribution in [1.82, 2.24) is 9.97 Å². The molecule has 0 aliphatic carbocycles. The summed E-state index contributed by atoms with van der Waals surface area (Å²) < 4.78 is 0.993. The van der Waals surface area contributed by atoms with Crippen LogP contribution in [-0.2, 0) is 0 Å². The van der Waals surface area contributed by atoms with E-state index >= 15 is 0 Å². The highest BCUT2D eigenvalue weighted by molar-refractivity contribution is 9.10. The van der Waals surface area contributed by atoms with Gasteiger partial charge in [0.25, 0.3) is 0 Å². The van der Waals surface area contributed by atoms with Gasteiger partial charge in [-0.05, 0) is 41.4 Å².